The van der Waals surface area contributed by atoms with Gasteiger partial charge in [0.05, 0.1) is 18.6 Å². The maximum atomic E-state index is 12.1. The second-order valence-electron chi connectivity index (χ2n) is 5.71. The molecule has 7 heteroatoms. The first kappa shape index (κ1) is 18.0. The van der Waals surface area contributed by atoms with Gasteiger partial charge in [-0.15, -0.1) is 10.2 Å². The van der Waals surface area contributed by atoms with Crippen LogP contribution in [-0.2, 0) is 4.79 Å². The zero-order valence-electron chi connectivity index (χ0n) is 14.8. The maximum Gasteiger partial charge on any atom is 0.277 e. The average Bonchev–Trinajstić information content (AvgIpc) is 3.12. The lowest BCUT2D eigenvalue weighted by Gasteiger charge is -2.08. The summed E-state index contributed by atoms with van der Waals surface area (Å²) in [5.41, 5.74) is 3.86. The molecule has 0 aliphatic rings. The summed E-state index contributed by atoms with van der Waals surface area (Å²) in [6.45, 7) is 4.08. The summed E-state index contributed by atoms with van der Waals surface area (Å²) < 4.78 is 10.9. The molecule has 2 aromatic carbocycles. The Morgan fingerprint density at radius 3 is 2.73 bits per heavy atom. The van der Waals surface area contributed by atoms with Crippen LogP contribution in [0.25, 0.3) is 11.5 Å². The van der Waals surface area contributed by atoms with Gasteiger partial charge in [-0.25, -0.2) is 0 Å². The summed E-state index contributed by atoms with van der Waals surface area (Å²) in [5, 5.41) is 11.2. The highest BCUT2D eigenvalue weighted by Gasteiger charge is 2.13. The summed E-state index contributed by atoms with van der Waals surface area (Å²) >= 11 is 1.19. The van der Waals surface area contributed by atoms with Gasteiger partial charge in [0.15, 0.2) is 0 Å². The Labute approximate surface area is 156 Å². The molecular formula is C19H19N3O3S. The normalized spacial score (nSPS) is 10.6. The van der Waals surface area contributed by atoms with Crippen molar-refractivity contribution in [1.82, 2.24) is 10.2 Å². The van der Waals surface area contributed by atoms with Crippen LogP contribution >= 0.6 is 11.8 Å². The Morgan fingerprint density at radius 2 is 1.96 bits per heavy atom. The smallest absolute Gasteiger partial charge is 0.277 e. The number of anilines is 1. The number of carbonyl (C=O) groups is 1. The van der Waals surface area contributed by atoms with E-state index < -0.39 is 0 Å². The zero-order chi connectivity index (χ0) is 18.5. The molecule has 0 bridgehead atoms. The fourth-order valence-electron chi connectivity index (χ4n) is 2.32. The predicted octanol–water partition coefficient (Wildman–Crippen LogP) is 4.09. The Morgan fingerprint density at radius 1 is 1.15 bits per heavy atom. The lowest BCUT2D eigenvalue weighted by molar-refractivity contribution is -0.113. The minimum Gasteiger partial charge on any atom is -0.495 e. The molecule has 0 saturated heterocycles. The second-order valence-corrected chi connectivity index (χ2v) is 6.64. The monoisotopic (exact) mass is 369 g/mol. The number of methoxy groups -OCH3 is 1. The number of nitrogens with zero attached hydrogens (tertiary/aromatic N) is 2. The molecular weight excluding hydrogens is 350 g/mol. The molecule has 1 aromatic heterocycles. The molecule has 0 aliphatic carbocycles. The fraction of sp³-hybridized carbons (Fsp3) is 0.211. The van der Waals surface area contributed by atoms with Crippen molar-refractivity contribution >= 4 is 23.4 Å². The number of aromatic nitrogens is 2. The van der Waals surface area contributed by atoms with E-state index in [1.807, 2.05) is 37.3 Å². The third-order valence-electron chi connectivity index (χ3n) is 3.87. The van der Waals surface area contributed by atoms with E-state index >= 15 is 0 Å². The van der Waals surface area contributed by atoms with Gasteiger partial charge in [0.25, 0.3) is 5.22 Å². The molecule has 0 spiro atoms. The molecule has 1 heterocycles. The number of rotatable bonds is 6. The summed E-state index contributed by atoms with van der Waals surface area (Å²) in [7, 11) is 1.56. The number of para-hydroxylation sites is 2. The van der Waals surface area contributed by atoms with Gasteiger partial charge in [-0.05, 0) is 49.2 Å². The summed E-state index contributed by atoms with van der Waals surface area (Å²) in [4.78, 5) is 12.1. The number of aryl methyl sites for hydroxylation is 2. The van der Waals surface area contributed by atoms with Crippen molar-refractivity contribution in [1.29, 1.82) is 0 Å². The van der Waals surface area contributed by atoms with Crippen LogP contribution in [-0.4, -0.2) is 29.0 Å². The minimum absolute atomic E-state index is 0.159. The number of nitrogens with one attached hydrogen (secondary N) is 1. The van der Waals surface area contributed by atoms with E-state index in [4.69, 9.17) is 9.15 Å². The van der Waals surface area contributed by atoms with Gasteiger partial charge in [-0.3, -0.25) is 4.79 Å². The van der Waals surface area contributed by atoms with Crippen molar-refractivity contribution in [3.63, 3.8) is 0 Å². The summed E-state index contributed by atoms with van der Waals surface area (Å²) in [5.74, 6) is 1.04. The topological polar surface area (TPSA) is 77.2 Å². The molecule has 3 rings (SSSR count). The highest BCUT2D eigenvalue weighted by atomic mass is 32.2. The van der Waals surface area contributed by atoms with Crippen LogP contribution in [0.15, 0.2) is 52.1 Å². The Bertz CT molecular complexity index is 924. The van der Waals surface area contributed by atoms with E-state index in [1.54, 1.807) is 19.2 Å². The van der Waals surface area contributed by atoms with E-state index in [9.17, 15) is 4.79 Å². The van der Waals surface area contributed by atoms with Crippen molar-refractivity contribution in [2.24, 2.45) is 0 Å². The maximum absolute atomic E-state index is 12.1. The van der Waals surface area contributed by atoms with Gasteiger partial charge in [0, 0.05) is 5.56 Å². The Hall–Kier alpha value is -2.80. The second kappa shape index (κ2) is 8.05. The van der Waals surface area contributed by atoms with Crippen LogP contribution in [0.2, 0.25) is 0 Å². The number of hydrogen-bond donors (Lipinski definition) is 1. The number of thioether (sulfide) groups is 1. The Balaban J connectivity index is 1.61. The van der Waals surface area contributed by atoms with Crippen molar-refractivity contribution < 1.29 is 13.9 Å². The first-order chi connectivity index (χ1) is 12.6. The van der Waals surface area contributed by atoms with Crippen molar-refractivity contribution in [3.05, 3.63) is 53.6 Å². The van der Waals surface area contributed by atoms with Crippen LogP contribution in [0, 0.1) is 13.8 Å². The zero-order valence-corrected chi connectivity index (χ0v) is 15.6. The summed E-state index contributed by atoms with van der Waals surface area (Å²) in [6.07, 6.45) is 0. The third-order valence-corrected chi connectivity index (χ3v) is 4.69. The molecule has 1 N–H and O–H groups in total. The lowest BCUT2D eigenvalue weighted by atomic mass is 10.1. The first-order valence-corrected chi connectivity index (χ1v) is 9.02. The molecule has 0 atom stereocenters. The van der Waals surface area contributed by atoms with E-state index in [2.05, 4.69) is 22.4 Å². The predicted molar refractivity (Wildman–Crippen MR) is 102 cm³/mol. The van der Waals surface area contributed by atoms with Crippen LogP contribution in [0.4, 0.5) is 5.69 Å². The first-order valence-electron chi connectivity index (χ1n) is 8.03. The average molecular weight is 369 g/mol. The van der Waals surface area contributed by atoms with Crippen molar-refractivity contribution in [2.75, 3.05) is 18.2 Å². The number of carbonyl (C=O) groups excluding carboxylic acids is 1. The van der Waals surface area contributed by atoms with Crippen LogP contribution < -0.4 is 10.1 Å². The lowest BCUT2D eigenvalue weighted by Crippen LogP contribution is -2.14. The number of benzene rings is 2. The SMILES string of the molecule is COc1ccccc1NC(=O)CSc1nnc(-c2ccc(C)c(C)c2)o1. The third kappa shape index (κ3) is 4.23. The highest BCUT2D eigenvalue weighted by Crippen LogP contribution is 2.26. The molecule has 0 fully saturated rings. The molecule has 0 unspecified atom stereocenters. The summed E-state index contributed by atoms with van der Waals surface area (Å²) in [6, 6.07) is 13.2. The highest BCUT2D eigenvalue weighted by molar-refractivity contribution is 7.99. The van der Waals surface area contributed by atoms with Gasteiger partial charge in [0.2, 0.25) is 11.8 Å². The molecule has 134 valence electrons. The Kier molecular flexibility index (Phi) is 5.58. The fourth-order valence-corrected chi connectivity index (χ4v) is 2.88. The molecule has 3 aromatic rings. The van der Waals surface area contributed by atoms with E-state index in [1.165, 1.54) is 17.3 Å². The van der Waals surface area contributed by atoms with Crippen molar-refractivity contribution in [2.45, 2.75) is 19.1 Å². The van der Waals surface area contributed by atoms with Crippen molar-refractivity contribution in [3.8, 4) is 17.2 Å². The molecule has 1 amide bonds. The number of hydrogen-bond acceptors (Lipinski definition) is 6. The minimum atomic E-state index is -0.176. The van der Waals surface area contributed by atoms with Gasteiger partial charge in [0.1, 0.15) is 5.75 Å². The quantitative estimate of drug-likeness (QED) is 0.660. The molecule has 0 radical (unpaired) electrons. The van der Waals surface area contributed by atoms with Crippen LogP contribution in [0.1, 0.15) is 11.1 Å². The number of ether oxygens (including phenoxy) is 1. The molecule has 6 nitrogen and oxygen atoms in total. The molecule has 0 aliphatic heterocycles. The van der Waals surface area contributed by atoms with Gasteiger partial charge in [-0.1, -0.05) is 30.0 Å². The standard InChI is InChI=1S/C19H19N3O3S/c1-12-8-9-14(10-13(12)2)18-21-22-19(25-18)26-11-17(23)20-15-6-4-5-7-16(15)24-3/h4-10H,11H2,1-3H3,(H,20,23). The van der Waals surface area contributed by atoms with Gasteiger partial charge in [-0.2, -0.15) is 0 Å². The van der Waals surface area contributed by atoms with Crippen LogP contribution in [0.3, 0.4) is 0 Å². The largest absolute Gasteiger partial charge is 0.495 e. The van der Waals surface area contributed by atoms with Gasteiger partial charge < -0.3 is 14.5 Å². The van der Waals surface area contributed by atoms with Crippen LogP contribution in [0.5, 0.6) is 5.75 Å². The molecule has 0 saturated carbocycles. The number of amides is 1. The molecule has 26 heavy (non-hydrogen) atoms. The van der Waals surface area contributed by atoms with E-state index in [-0.39, 0.29) is 11.7 Å². The van der Waals surface area contributed by atoms with E-state index in [0.717, 1.165) is 11.1 Å². The van der Waals surface area contributed by atoms with E-state index in [0.29, 0.717) is 22.6 Å². The van der Waals surface area contributed by atoms with Gasteiger partial charge >= 0.3 is 0 Å².